The van der Waals surface area contributed by atoms with Gasteiger partial charge < -0.3 is 15.9 Å². The average molecular weight is 284 g/mol. The minimum Gasteiger partial charge on any atom is -0.398 e. The summed E-state index contributed by atoms with van der Waals surface area (Å²) in [5.41, 5.74) is 3.95. The summed E-state index contributed by atoms with van der Waals surface area (Å²) >= 11 is 5.40. The lowest BCUT2D eigenvalue weighted by Gasteiger charge is -2.19. The van der Waals surface area contributed by atoms with E-state index in [4.69, 9.17) is 17.3 Å². The van der Waals surface area contributed by atoms with Crippen LogP contribution in [0.3, 0.4) is 0 Å². The Morgan fingerprint density at radius 2 is 1.89 bits per heavy atom. The van der Waals surface area contributed by atoms with E-state index in [0.29, 0.717) is 0 Å². The molecule has 0 fully saturated rings. The lowest BCUT2D eigenvalue weighted by molar-refractivity contribution is -0.136. The number of aliphatic hydroxyl groups is 2. The number of aliphatic hydroxyl groups excluding tert-OH is 2. The second-order valence-corrected chi connectivity index (χ2v) is 4.21. The number of alkyl halides is 4. The first-order valence-electron chi connectivity index (χ1n) is 5.16. The summed E-state index contributed by atoms with van der Waals surface area (Å²) in [6.07, 6.45) is -6.86. The summed E-state index contributed by atoms with van der Waals surface area (Å²) in [5, 5.41) is 19.2. The Morgan fingerprint density at radius 3 is 2.33 bits per heavy atom. The SMILES string of the molecule is Nc1cc(C(O)C(O)CCCl)ccc1C(F)(F)F. The molecule has 0 saturated carbocycles. The summed E-state index contributed by atoms with van der Waals surface area (Å²) in [7, 11) is 0. The normalized spacial score (nSPS) is 15.4. The third-order valence-electron chi connectivity index (χ3n) is 2.49. The molecule has 102 valence electrons. The van der Waals surface area contributed by atoms with Crippen molar-refractivity contribution in [2.24, 2.45) is 0 Å². The van der Waals surface area contributed by atoms with Gasteiger partial charge in [0, 0.05) is 11.6 Å². The Kier molecular flexibility index (Phi) is 4.84. The average Bonchev–Trinajstić information content (AvgIpc) is 2.26. The number of hydrogen-bond acceptors (Lipinski definition) is 3. The Bertz CT molecular complexity index is 412. The smallest absolute Gasteiger partial charge is 0.398 e. The second-order valence-electron chi connectivity index (χ2n) is 3.83. The van der Waals surface area contributed by atoms with Gasteiger partial charge in [-0.05, 0) is 24.1 Å². The van der Waals surface area contributed by atoms with Crippen LogP contribution >= 0.6 is 11.6 Å². The van der Waals surface area contributed by atoms with Gasteiger partial charge in [0.25, 0.3) is 0 Å². The van der Waals surface area contributed by atoms with Crippen LogP contribution in [0.25, 0.3) is 0 Å². The highest BCUT2D eigenvalue weighted by Gasteiger charge is 2.33. The van der Waals surface area contributed by atoms with Crippen LogP contribution in [0.15, 0.2) is 18.2 Å². The molecule has 1 rings (SSSR count). The molecule has 0 saturated heterocycles. The van der Waals surface area contributed by atoms with Crippen molar-refractivity contribution in [3.05, 3.63) is 29.3 Å². The molecule has 0 aliphatic carbocycles. The van der Waals surface area contributed by atoms with Crippen molar-refractivity contribution in [3.63, 3.8) is 0 Å². The zero-order valence-electron chi connectivity index (χ0n) is 9.28. The molecule has 0 aliphatic rings. The van der Waals surface area contributed by atoms with Gasteiger partial charge in [0.15, 0.2) is 0 Å². The van der Waals surface area contributed by atoms with E-state index in [1.54, 1.807) is 0 Å². The first-order valence-corrected chi connectivity index (χ1v) is 5.69. The van der Waals surface area contributed by atoms with Gasteiger partial charge in [-0.15, -0.1) is 11.6 Å². The van der Waals surface area contributed by atoms with Crippen LogP contribution in [0.2, 0.25) is 0 Å². The molecule has 1 aromatic carbocycles. The molecule has 2 atom stereocenters. The predicted octanol–water partition coefficient (Wildman–Crippen LogP) is 2.31. The molecular formula is C11H13ClF3NO2. The highest BCUT2D eigenvalue weighted by Crippen LogP contribution is 2.35. The maximum atomic E-state index is 12.5. The quantitative estimate of drug-likeness (QED) is 0.587. The number of hydrogen-bond donors (Lipinski definition) is 3. The minimum atomic E-state index is -4.54. The number of rotatable bonds is 4. The van der Waals surface area contributed by atoms with Crippen LogP contribution in [0.1, 0.15) is 23.7 Å². The molecule has 0 spiro atoms. The van der Waals surface area contributed by atoms with E-state index in [2.05, 4.69) is 0 Å². The maximum absolute atomic E-state index is 12.5. The predicted molar refractivity (Wildman–Crippen MR) is 62.2 cm³/mol. The number of anilines is 1. The van der Waals surface area contributed by atoms with Crippen molar-refractivity contribution in [2.75, 3.05) is 11.6 Å². The van der Waals surface area contributed by atoms with Gasteiger partial charge in [-0.3, -0.25) is 0 Å². The van der Waals surface area contributed by atoms with Gasteiger partial charge in [-0.25, -0.2) is 0 Å². The van der Waals surface area contributed by atoms with Gasteiger partial charge in [0.05, 0.1) is 11.7 Å². The fraction of sp³-hybridized carbons (Fsp3) is 0.455. The minimum absolute atomic E-state index is 0.123. The molecule has 0 radical (unpaired) electrons. The van der Waals surface area contributed by atoms with Crippen molar-refractivity contribution < 1.29 is 23.4 Å². The molecule has 7 heteroatoms. The van der Waals surface area contributed by atoms with Gasteiger partial charge in [-0.2, -0.15) is 13.2 Å². The van der Waals surface area contributed by atoms with E-state index < -0.39 is 29.6 Å². The van der Waals surface area contributed by atoms with Crippen LogP contribution in [0.5, 0.6) is 0 Å². The molecular weight excluding hydrogens is 271 g/mol. The third kappa shape index (κ3) is 3.51. The van der Waals surface area contributed by atoms with Gasteiger partial charge in [0.2, 0.25) is 0 Å². The first kappa shape index (κ1) is 15.1. The van der Waals surface area contributed by atoms with E-state index >= 15 is 0 Å². The van der Waals surface area contributed by atoms with Crippen molar-refractivity contribution in [1.29, 1.82) is 0 Å². The van der Waals surface area contributed by atoms with E-state index in [0.717, 1.165) is 18.2 Å². The maximum Gasteiger partial charge on any atom is 0.418 e. The molecule has 4 N–H and O–H groups in total. The molecule has 3 nitrogen and oxygen atoms in total. The van der Waals surface area contributed by atoms with Crippen molar-refractivity contribution >= 4 is 17.3 Å². The lowest BCUT2D eigenvalue weighted by Crippen LogP contribution is -2.19. The fourth-order valence-corrected chi connectivity index (χ4v) is 1.74. The fourth-order valence-electron chi connectivity index (χ4n) is 1.52. The number of nitrogen functional groups attached to an aromatic ring is 1. The van der Waals surface area contributed by atoms with Crippen LogP contribution in [-0.4, -0.2) is 22.2 Å². The molecule has 0 bridgehead atoms. The van der Waals surface area contributed by atoms with Gasteiger partial charge in [0.1, 0.15) is 6.10 Å². The monoisotopic (exact) mass is 283 g/mol. The summed E-state index contributed by atoms with van der Waals surface area (Å²) in [6.45, 7) is 0. The molecule has 0 amide bonds. The molecule has 0 heterocycles. The topological polar surface area (TPSA) is 66.5 Å². The highest BCUT2D eigenvalue weighted by atomic mass is 35.5. The molecule has 1 aromatic rings. The van der Waals surface area contributed by atoms with Gasteiger partial charge in [-0.1, -0.05) is 6.07 Å². The zero-order chi connectivity index (χ0) is 13.9. The first-order chi connectivity index (χ1) is 8.27. The van der Waals surface area contributed by atoms with E-state index in [-0.39, 0.29) is 17.9 Å². The Labute approximate surface area is 107 Å². The summed E-state index contributed by atoms with van der Waals surface area (Å²) in [4.78, 5) is 0. The Morgan fingerprint density at radius 1 is 1.28 bits per heavy atom. The Hall–Kier alpha value is -0.980. The van der Waals surface area contributed by atoms with Crippen LogP contribution < -0.4 is 5.73 Å². The molecule has 0 aliphatic heterocycles. The largest absolute Gasteiger partial charge is 0.418 e. The number of halogens is 4. The molecule has 2 unspecified atom stereocenters. The lowest BCUT2D eigenvalue weighted by atomic mass is 10.00. The summed E-state index contributed by atoms with van der Waals surface area (Å²) < 4.78 is 37.4. The van der Waals surface area contributed by atoms with Gasteiger partial charge >= 0.3 is 6.18 Å². The number of nitrogens with two attached hydrogens (primary N) is 1. The second kappa shape index (κ2) is 5.77. The standard InChI is InChI=1S/C11H13ClF3NO2/c12-4-3-9(17)10(18)6-1-2-7(8(16)5-6)11(13,14)15/h1-2,5,9-10,17-18H,3-4,16H2. The van der Waals surface area contributed by atoms with Crippen LogP contribution in [0, 0.1) is 0 Å². The summed E-state index contributed by atoms with van der Waals surface area (Å²) in [6, 6.07) is 2.87. The third-order valence-corrected chi connectivity index (χ3v) is 2.71. The Balaban J connectivity index is 2.97. The van der Waals surface area contributed by atoms with Crippen molar-refractivity contribution in [3.8, 4) is 0 Å². The van der Waals surface area contributed by atoms with E-state index in [9.17, 15) is 23.4 Å². The van der Waals surface area contributed by atoms with E-state index in [1.165, 1.54) is 0 Å². The molecule has 18 heavy (non-hydrogen) atoms. The summed E-state index contributed by atoms with van der Waals surface area (Å²) in [5.74, 6) is 0.133. The van der Waals surface area contributed by atoms with Crippen molar-refractivity contribution in [2.45, 2.75) is 24.8 Å². The highest BCUT2D eigenvalue weighted by molar-refractivity contribution is 6.17. The van der Waals surface area contributed by atoms with Crippen LogP contribution in [0.4, 0.5) is 18.9 Å². The van der Waals surface area contributed by atoms with Crippen LogP contribution in [-0.2, 0) is 6.18 Å². The molecule has 0 aromatic heterocycles. The van der Waals surface area contributed by atoms with E-state index in [1.807, 2.05) is 0 Å². The van der Waals surface area contributed by atoms with Crippen molar-refractivity contribution in [1.82, 2.24) is 0 Å². The number of benzene rings is 1. The zero-order valence-corrected chi connectivity index (χ0v) is 10.0.